The molecular formula is C29H39N3O5. The molecule has 0 radical (unpaired) electrons. The van der Waals surface area contributed by atoms with E-state index in [0.29, 0.717) is 11.3 Å². The molecule has 0 saturated heterocycles. The van der Waals surface area contributed by atoms with Crippen molar-refractivity contribution in [3.63, 3.8) is 0 Å². The van der Waals surface area contributed by atoms with Crippen molar-refractivity contribution in [2.45, 2.75) is 66.2 Å². The van der Waals surface area contributed by atoms with Crippen LogP contribution in [-0.4, -0.2) is 46.1 Å². The Bertz CT molecular complexity index is 1120. The van der Waals surface area contributed by atoms with Crippen LogP contribution in [0.1, 0.15) is 57.4 Å². The fourth-order valence-corrected chi connectivity index (χ4v) is 3.96. The number of hydrogen-bond donors (Lipinski definition) is 3. The van der Waals surface area contributed by atoms with Crippen molar-refractivity contribution in [3.05, 3.63) is 71.8 Å². The highest BCUT2D eigenvalue weighted by molar-refractivity contribution is 6.00. The summed E-state index contributed by atoms with van der Waals surface area (Å²) in [7, 11) is 0. The summed E-state index contributed by atoms with van der Waals surface area (Å²) in [6.07, 6.45) is 0.789. The molecule has 0 fully saturated rings. The molecule has 2 unspecified atom stereocenters. The maximum absolute atomic E-state index is 13.9. The minimum absolute atomic E-state index is 0.0263. The number of rotatable bonds is 9. The SMILES string of the molecule is C=CCN(C(=O)C(NC(=O)OC(C)(C)C)C(C)C)C(C(=O)Nc1c(C)cccc1C)c1cccc(O)c1. The number of phenols is 1. The summed E-state index contributed by atoms with van der Waals surface area (Å²) in [6, 6.07) is 9.81. The summed E-state index contributed by atoms with van der Waals surface area (Å²) in [5, 5.41) is 15.8. The lowest BCUT2D eigenvalue weighted by Crippen LogP contribution is -2.54. The van der Waals surface area contributed by atoms with Crippen LogP contribution in [-0.2, 0) is 14.3 Å². The van der Waals surface area contributed by atoms with Gasteiger partial charge in [-0.1, -0.05) is 50.3 Å². The number of anilines is 1. The number of carbonyl (C=O) groups is 3. The second-order valence-electron chi connectivity index (χ2n) is 10.4. The lowest BCUT2D eigenvalue weighted by atomic mass is 9.98. The first-order valence-corrected chi connectivity index (χ1v) is 12.3. The minimum atomic E-state index is -1.11. The van der Waals surface area contributed by atoms with E-state index in [0.717, 1.165) is 11.1 Å². The third-order valence-electron chi connectivity index (χ3n) is 5.69. The Kier molecular flexibility index (Phi) is 9.88. The molecule has 3 amide bonds. The van der Waals surface area contributed by atoms with E-state index in [-0.39, 0.29) is 18.2 Å². The maximum Gasteiger partial charge on any atom is 0.408 e. The van der Waals surface area contributed by atoms with Gasteiger partial charge >= 0.3 is 6.09 Å². The van der Waals surface area contributed by atoms with E-state index >= 15 is 0 Å². The zero-order valence-electron chi connectivity index (χ0n) is 22.8. The van der Waals surface area contributed by atoms with Crippen molar-refractivity contribution in [2.75, 3.05) is 11.9 Å². The van der Waals surface area contributed by atoms with Crippen LogP contribution in [0.25, 0.3) is 0 Å². The molecule has 8 heteroatoms. The predicted molar refractivity (Wildman–Crippen MR) is 145 cm³/mol. The minimum Gasteiger partial charge on any atom is -0.508 e. The summed E-state index contributed by atoms with van der Waals surface area (Å²) < 4.78 is 5.37. The van der Waals surface area contributed by atoms with Crippen LogP contribution in [0.5, 0.6) is 5.75 Å². The molecule has 200 valence electrons. The third kappa shape index (κ3) is 8.10. The Morgan fingerprint density at radius 2 is 1.68 bits per heavy atom. The van der Waals surface area contributed by atoms with Crippen molar-refractivity contribution in [1.29, 1.82) is 0 Å². The number of para-hydroxylation sites is 1. The van der Waals surface area contributed by atoms with Gasteiger partial charge in [-0.2, -0.15) is 0 Å². The molecule has 2 atom stereocenters. The van der Waals surface area contributed by atoms with Crippen molar-refractivity contribution in [3.8, 4) is 5.75 Å². The van der Waals surface area contributed by atoms with Gasteiger partial charge in [-0.3, -0.25) is 9.59 Å². The number of ether oxygens (including phenoxy) is 1. The van der Waals surface area contributed by atoms with Crippen LogP contribution in [0.2, 0.25) is 0 Å². The normalized spacial score (nSPS) is 12.9. The zero-order chi connectivity index (χ0) is 27.9. The average molecular weight is 510 g/mol. The topological polar surface area (TPSA) is 108 Å². The molecule has 2 aromatic carbocycles. The van der Waals surface area contributed by atoms with Crippen LogP contribution in [0.4, 0.5) is 10.5 Å². The van der Waals surface area contributed by atoms with E-state index in [4.69, 9.17) is 4.74 Å². The first-order valence-electron chi connectivity index (χ1n) is 12.3. The zero-order valence-corrected chi connectivity index (χ0v) is 22.8. The van der Waals surface area contributed by atoms with Gasteiger partial charge < -0.3 is 25.4 Å². The molecule has 3 N–H and O–H groups in total. The Hall–Kier alpha value is -3.81. The van der Waals surface area contributed by atoms with E-state index in [1.165, 1.54) is 23.1 Å². The number of phenolic OH excluding ortho intramolecular Hbond substituents is 1. The van der Waals surface area contributed by atoms with Gasteiger partial charge in [0.2, 0.25) is 5.91 Å². The van der Waals surface area contributed by atoms with Gasteiger partial charge in [0, 0.05) is 12.2 Å². The first kappa shape index (κ1) is 29.4. The second kappa shape index (κ2) is 12.4. The highest BCUT2D eigenvalue weighted by atomic mass is 16.6. The van der Waals surface area contributed by atoms with Crippen molar-refractivity contribution in [2.24, 2.45) is 5.92 Å². The van der Waals surface area contributed by atoms with Crippen LogP contribution >= 0.6 is 0 Å². The molecule has 0 aliphatic carbocycles. The largest absolute Gasteiger partial charge is 0.508 e. The van der Waals surface area contributed by atoms with Gasteiger partial charge in [0.1, 0.15) is 23.4 Å². The molecule has 0 heterocycles. The lowest BCUT2D eigenvalue weighted by molar-refractivity contribution is -0.141. The predicted octanol–water partition coefficient (Wildman–Crippen LogP) is 5.25. The molecular weight excluding hydrogens is 470 g/mol. The number of amides is 3. The standard InChI is InChI=1S/C29H39N3O5/c1-9-16-32(27(35)23(18(2)3)31-28(36)37-29(6,7)8)25(21-14-11-15-22(33)17-21)26(34)30-24-19(4)12-10-13-20(24)5/h9-15,17-18,23,25,33H,1,16H2,2-8H3,(H,30,34)(H,31,36). The Morgan fingerprint density at radius 3 is 2.19 bits per heavy atom. The average Bonchev–Trinajstić information content (AvgIpc) is 2.78. The van der Waals surface area contributed by atoms with Crippen LogP contribution < -0.4 is 10.6 Å². The van der Waals surface area contributed by atoms with Gasteiger partial charge in [-0.05, 0) is 69.4 Å². The summed E-state index contributed by atoms with van der Waals surface area (Å²) in [5.41, 5.74) is 2.06. The summed E-state index contributed by atoms with van der Waals surface area (Å²) in [5.74, 6) is -1.29. The highest BCUT2D eigenvalue weighted by Crippen LogP contribution is 2.29. The Balaban J connectivity index is 2.54. The van der Waals surface area contributed by atoms with Crippen molar-refractivity contribution >= 4 is 23.6 Å². The molecule has 0 aromatic heterocycles. The third-order valence-corrected chi connectivity index (χ3v) is 5.69. The van der Waals surface area contributed by atoms with E-state index < -0.39 is 35.6 Å². The van der Waals surface area contributed by atoms with Crippen LogP contribution in [0.15, 0.2) is 55.1 Å². The number of carbonyl (C=O) groups excluding carboxylic acids is 3. The summed E-state index contributed by atoms with van der Waals surface area (Å²) in [6.45, 7) is 16.4. The highest BCUT2D eigenvalue weighted by Gasteiger charge is 2.37. The smallest absolute Gasteiger partial charge is 0.408 e. The molecule has 0 aliphatic heterocycles. The number of nitrogens with zero attached hydrogens (tertiary/aromatic N) is 1. The molecule has 2 aromatic rings. The molecule has 0 spiro atoms. The molecule has 0 aliphatic rings. The molecule has 8 nitrogen and oxygen atoms in total. The van der Waals surface area contributed by atoms with E-state index in [1.807, 2.05) is 32.0 Å². The molecule has 0 saturated carbocycles. The van der Waals surface area contributed by atoms with Crippen LogP contribution in [0.3, 0.4) is 0 Å². The molecule has 37 heavy (non-hydrogen) atoms. The monoisotopic (exact) mass is 509 g/mol. The summed E-state index contributed by atoms with van der Waals surface area (Å²) >= 11 is 0. The number of benzene rings is 2. The number of nitrogens with one attached hydrogen (secondary N) is 2. The van der Waals surface area contributed by atoms with Crippen molar-refractivity contribution in [1.82, 2.24) is 10.2 Å². The maximum atomic E-state index is 13.9. The van der Waals surface area contributed by atoms with Gasteiger partial charge in [-0.15, -0.1) is 6.58 Å². The van der Waals surface area contributed by atoms with Crippen LogP contribution in [0, 0.1) is 19.8 Å². The molecule has 0 bridgehead atoms. The van der Waals surface area contributed by atoms with E-state index in [2.05, 4.69) is 17.2 Å². The van der Waals surface area contributed by atoms with Gasteiger partial charge in [0.05, 0.1) is 0 Å². The van der Waals surface area contributed by atoms with E-state index in [1.54, 1.807) is 46.8 Å². The van der Waals surface area contributed by atoms with Gasteiger partial charge in [0.25, 0.3) is 5.91 Å². The Morgan fingerprint density at radius 1 is 1.08 bits per heavy atom. The fraction of sp³-hybridized carbons (Fsp3) is 0.414. The van der Waals surface area contributed by atoms with Crippen molar-refractivity contribution < 1.29 is 24.2 Å². The lowest BCUT2D eigenvalue weighted by Gasteiger charge is -2.35. The number of aryl methyl sites for hydroxylation is 2. The Labute approximate surface area is 219 Å². The number of hydrogen-bond acceptors (Lipinski definition) is 5. The number of alkyl carbamates (subject to hydrolysis) is 1. The van der Waals surface area contributed by atoms with E-state index in [9.17, 15) is 19.5 Å². The fourth-order valence-electron chi connectivity index (χ4n) is 3.96. The van der Waals surface area contributed by atoms with Gasteiger partial charge in [0.15, 0.2) is 0 Å². The molecule has 2 rings (SSSR count). The quantitative estimate of drug-likeness (QED) is 0.400. The first-order chi connectivity index (χ1) is 17.2. The number of aromatic hydroxyl groups is 1. The van der Waals surface area contributed by atoms with Gasteiger partial charge in [-0.25, -0.2) is 4.79 Å². The summed E-state index contributed by atoms with van der Waals surface area (Å²) in [4.78, 5) is 41.7. The second-order valence-corrected chi connectivity index (χ2v) is 10.4.